The molecule has 0 amide bonds. The zero-order valence-corrected chi connectivity index (χ0v) is 13.9. The number of hydrogen-bond donors (Lipinski definition) is 2. The van der Waals surface area contributed by atoms with E-state index >= 15 is 0 Å². The molecule has 124 valence electrons. The second kappa shape index (κ2) is 7.25. The van der Waals surface area contributed by atoms with E-state index in [0.717, 1.165) is 25.1 Å². The van der Waals surface area contributed by atoms with Crippen LogP contribution in [0.2, 0.25) is 0 Å². The predicted molar refractivity (Wildman–Crippen MR) is 91.1 cm³/mol. The third-order valence-electron chi connectivity index (χ3n) is 4.56. The summed E-state index contributed by atoms with van der Waals surface area (Å²) in [5, 5.41) is 17.9. The molecule has 0 fully saturated rings. The molecule has 5 nitrogen and oxygen atoms in total. The van der Waals surface area contributed by atoms with Gasteiger partial charge in [0.05, 0.1) is 12.3 Å². The number of nitrogens with one attached hydrogen (secondary N) is 1. The quantitative estimate of drug-likeness (QED) is 0.848. The van der Waals surface area contributed by atoms with Crippen molar-refractivity contribution in [1.82, 2.24) is 20.0 Å². The molecule has 23 heavy (non-hydrogen) atoms. The summed E-state index contributed by atoms with van der Waals surface area (Å²) in [6.07, 6.45) is 4.58. The number of fused-ring (bicyclic) bond motifs is 1. The molecule has 2 heterocycles. The van der Waals surface area contributed by atoms with Gasteiger partial charge in [0.25, 0.3) is 0 Å². The van der Waals surface area contributed by atoms with E-state index in [1.807, 2.05) is 19.4 Å². The van der Waals surface area contributed by atoms with E-state index in [0.29, 0.717) is 13.1 Å². The molecule has 0 radical (unpaired) electrons. The fourth-order valence-electron chi connectivity index (χ4n) is 3.17. The smallest absolute Gasteiger partial charge is 0.0791 e. The number of β-amino-alcohol motifs (C(OH)–C–C–N with tert-alkyl or cyclic N) is 1. The van der Waals surface area contributed by atoms with Gasteiger partial charge in [-0.15, -0.1) is 0 Å². The van der Waals surface area contributed by atoms with Crippen LogP contribution in [0.1, 0.15) is 29.7 Å². The van der Waals surface area contributed by atoms with Gasteiger partial charge in [0, 0.05) is 51.0 Å². The summed E-state index contributed by atoms with van der Waals surface area (Å²) in [5.74, 6) is 0. The van der Waals surface area contributed by atoms with Gasteiger partial charge in [0.15, 0.2) is 0 Å². The highest BCUT2D eigenvalue weighted by Crippen LogP contribution is 2.18. The minimum absolute atomic E-state index is 0.195. The van der Waals surface area contributed by atoms with E-state index in [9.17, 15) is 5.11 Å². The van der Waals surface area contributed by atoms with Crippen LogP contribution < -0.4 is 5.32 Å². The maximum absolute atomic E-state index is 10.3. The van der Waals surface area contributed by atoms with E-state index in [2.05, 4.69) is 46.5 Å². The van der Waals surface area contributed by atoms with E-state index < -0.39 is 0 Å². The first-order chi connectivity index (χ1) is 11.1. The molecule has 0 saturated carbocycles. The summed E-state index contributed by atoms with van der Waals surface area (Å²) in [4.78, 5) is 2.34. The Labute approximate surface area is 137 Å². The standard InChI is InChI=1S/C18H26N4O/c1-14(17-9-20-21(2)11-17)19-10-18(23)13-22-8-7-15-5-3-4-6-16(15)12-22/h3-6,9,11,14,18-19,23H,7-8,10,12-13H2,1-2H3. The highest BCUT2D eigenvalue weighted by Gasteiger charge is 2.18. The lowest BCUT2D eigenvalue weighted by Crippen LogP contribution is -2.41. The molecule has 2 aromatic rings. The van der Waals surface area contributed by atoms with Crippen molar-refractivity contribution in [2.75, 3.05) is 19.6 Å². The average Bonchev–Trinajstić information content (AvgIpc) is 2.99. The fraction of sp³-hybridized carbons (Fsp3) is 0.500. The highest BCUT2D eigenvalue weighted by atomic mass is 16.3. The molecule has 3 rings (SSSR count). The Morgan fingerprint density at radius 3 is 2.83 bits per heavy atom. The van der Waals surface area contributed by atoms with E-state index in [-0.39, 0.29) is 12.1 Å². The van der Waals surface area contributed by atoms with Crippen LogP contribution in [0.4, 0.5) is 0 Å². The zero-order chi connectivity index (χ0) is 16.2. The zero-order valence-electron chi connectivity index (χ0n) is 13.9. The number of rotatable bonds is 6. The topological polar surface area (TPSA) is 53.3 Å². The molecule has 0 bridgehead atoms. The first kappa shape index (κ1) is 16.2. The SMILES string of the molecule is CC(NCC(O)CN1CCc2ccccc2C1)c1cnn(C)c1. The molecule has 0 saturated heterocycles. The summed E-state index contributed by atoms with van der Waals surface area (Å²) in [5.41, 5.74) is 3.98. The summed E-state index contributed by atoms with van der Waals surface area (Å²) in [6.45, 7) is 5.35. The van der Waals surface area contributed by atoms with Crippen LogP contribution >= 0.6 is 0 Å². The molecule has 2 atom stereocenters. The Balaban J connectivity index is 1.46. The number of hydrogen-bond acceptors (Lipinski definition) is 4. The average molecular weight is 314 g/mol. The highest BCUT2D eigenvalue weighted by molar-refractivity contribution is 5.29. The molecule has 0 aliphatic carbocycles. The minimum Gasteiger partial charge on any atom is -0.390 e. The van der Waals surface area contributed by atoms with Crippen molar-refractivity contribution in [1.29, 1.82) is 0 Å². The summed E-state index contributed by atoms with van der Waals surface area (Å²) in [7, 11) is 1.92. The Bertz CT molecular complexity index is 639. The van der Waals surface area contributed by atoms with Crippen LogP contribution in [0.3, 0.4) is 0 Å². The number of nitrogens with zero attached hydrogens (tertiary/aromatic N) is 3. The number of aromatic nitrogens is 2. The summed E-state index contributed by atoms with van der Waals surface area (Å²) < 4.78 is 1.80. The maximum Gasteiger partial charge on any atom is 0.0791 e. The Hall–Kier alpha value is -1.69. The molecule has 1 aliphatic heterocycles. The molecule has 1 aromatic carbocycles. The van der Waals surface area contributed by atoms with Gasteiger partial charge < -0.3 is 10.4 Å². The Kier molecular flexibility index (Phi) is 5.10. The Morgan fingerprint density at radius 1 is 1.30 bits per heavy atom. The third-order valence-corrected chi connectivity index (χ3v) is 4.56. The van der Waals surface area contributed by atoms with Crippen LogP contribution in [0.25, 0.3) is 0 Å². The molecule has 1 aliphatic rings. The van der Waals surface area contributed by atoms with Gasteiger partial charge in [0.2, 0.25) is 0 Å². The van der Waals surface area contributed by atoms with Gasteiger partial charge in [-0.1, -0.05) is 24.3 Å². The number of aliphatic hydroxyl groups excluding tert-OH is 1. The molecular formula is C18H26N4O. The predicted octanol–water partition coefficient (Wildman–Crippen LogP) is 1.49. The molecule has 2 unspecified atom stereocenters. The van der Waals surface area contributed by atoms with Crippen molar-refractivity contribution >= 4 is 0 Å². The van der Waals surface area contributed by atoms with Crippen molar-refractivity contribution in [3.05, 3.63) is 53.3 Å². The normalized spacial score (nSPS) is 17.7. The molecule has 0 spiro atoms. The number of aliphatic hydroxyl groups is 1. The largest absolute Gasteiger partial charge is 0.390 e. The van der Waals surface area contributed by atoms with Crippen molar-refractivity contribution in [2.24, 2.45) is 7.05 Å². The van der Waals surface area contributed by atoms with Crippen LogP contribution in [0.5, 0.6) is 0 Å². The monoisotopic (exact) mass is 314 g/mol. The minimum atomic E-state index is -0.362. The first-order valence-electron chi connectivity index (χ1n) is 8.31. The number of benzene rings is 1. The van der Waals surface area contributed by atoms with Gasteiger partial charge in [0.1, 0.15) is 0 Å². The lowest BCUT2D eigenvalue weighted by molar-refractivity contribution is 0.102. The van der Waals surface area contributed by atoms with Gasteiger partial charge in [-0.3, -0.25) is 9.58 Å². The fourth-order valence-corrected chi connectivity index (χ4v) is 3.17. The summed E-state index contributed by atoms with van der Waals surface area (Å²) >= 11 is 0. The van der Waals surface area contributed by atoms with Gasteiger partial charge >= 0.3 is 0 Å². The van der Waals surface area contributed by atoms with Gasteiger partial charge in [-0.25, -0.2) is 0 Å². The lowest BCUT2D eigenvalue weighted by atomic mass is 10.00. The van der Waals surface area contributed by atoms with Crippen LogP contribution in [0, 0.1) is 0 Å². The molecule has 5 heteroatoms. The molecule has 2 N–H and O–H groups in total. The second-order valence-electron chi connectivity index (χ2n) is 6.48. The lowest BCUT2D eigenvalue weighted by Gasteiger charge is -2.30. The van der Waals surface area contributed by atoms with Crippen molar-refractivity contribution in [3.63, 3.8) is 0 Å². The van der Waals surface area contributed by atoms with E-state index in [4.69, 9.17) is 0 Å². The maximum atomic E-state index is 10.3. The molecule has 1 aromatic heterocycles. The van der Waals surface area contributed by atoms with Crippen LogP contribution in [-0.2, 0) is 20.0 Å². The van der Waals surface area contributed by atoms with Crippen molar-refractivity contribution < 1.29 is 5.11 Å². The Morgan fingerprint density at radius 2 is 2.09 bits per heavy atom. The molecular weight excluding hydrogens is 288 g/mol. The van der Waals surface area contributed by atoms with Crippen molar-refractivity contribution in [3.8, 4) is 0 Å². The number of aryl methyl sites for hydroxylation is 1. The third kappa shape index (κ3) is 4.19. The first-order valence-corrected chi connectivity index (χ1v) is 8.31. The van der Waals surface area contributed by atoms with E-state index in [1.165, 1.54) is 11.1 Å². The second-order valence-corrected chi connectivity index (χ2v) is 6.48. The van der Waals surface area contributed by atoms with Crippen molar-refractivity contribution in [2.45, 2.75) is 32.0 Å². The van der Waals surface area contributed by atoms with Crippen LogP contribution in [0.15, 0.2) is 36.7 Å². The van der Waals surface area contributed by atoms with Gasteiger partial charge in [-0.2, -0.15) is 5.10 Å². The summed E-state index contributed by atoms with van der Waals surface area (Å²) in [6, 6.07) is 8.79. The van der Waals surface area contributed by atoms with E-state index in [1.54, 1.807) is 4.68 Å². The van der Waals surface area contributed by atoms with Crippen LogP contribution in [-0.4, -0.2) is 45.5 Å². The van der Waals surface area contributed by atoms with Gasteiger partial charge in [-0.05, 0) is 24.5 Å².